The Morgan fingerprint density at radius 1 is 1.24 bits per heavy atom. The van der Waals surface area contributed by atoms with E-state index in [1.165, 1.54) is 0 Å². The SMILES string of the molecule is COc1ccc(CCN(C)C(C)=O)cc1OC. The molecule has 0 aliphatic rings. The zero-order valence-corrected chi connectivity index (χ0v) is 10.8. The third-order valence-electron chi connectivity index (χ3n) is 2.72. The zero-order chi connectivity index (χ0) is 12.8. The normalized spacial score (nSPS) is 9.88. The lowest BCUT2D eigenvalue weighted by Gasteiger charge is -2.15. The van der Waals surface area contributed by atoms with Crippen LogP contribution in [-0.2, 0) is 11.2 Å². The van der Waals surface area contributed by atoms with Crippen LogP contribution >= 0.6 is 0 Å². The number of rotatable bonds is 5. The van der Waals surface area contributed by atoms with E-state index in [0.717, 1.165) is 23.5 Å². The van der Waals surface area contributed by atoms with E-state index in [9.17, 15) is 4.79 Å². The number of hydrogen-bond acceptors (Lipinski definition) is 3. The summed E-state index contributed by atoms with van der Waals surface area (Å²) in [7, 11) is 5.02. The van der Waals surface area contributed by atoms with Gasteiger partial charge in [-0.2, -0.15) is 0 Å². The average molecular weight is 237 g/mol. The summed E-state index contributed by atoms with van der Waals surface area (Å²) in [5, 5.41) is 0. The van der Waals surface area contributed by atoms with Crippen LogP contribution in [0.2, 0.25) is 0 Å². The van der Waals surface area contributed by atoms with E-state index in [1.807, 2.05) is 18.2 Å². The van der Waals surface area contributed by atoms with Crippen LogP contribution in [0, 0.1) is 0 Å². The molecule has 0 saturated heterocycles. The third kappa shape index (κ3) is 3.66. The van der Waals surface area contributed by atoms with Gasteiger partial charge in [0.15, 0.2) is 11.5 Å². The van der Waals surface area contributed by atoms with Gasteiger partial charge in [0.05, 0.1) is 14.2 Å². The molecule has 4 nitrogen and oxygen atoms in total. The molecule has 1 amide bonds. The third-order valence-corrected chi connectivity index (χ3v) is 2.72. The van der Waals surface area contributed by atoms with Crippen LogP contribution in [0.1, 0.15) is 12.5 Å². The minimum atomic E-state index is 0.0745. The van der Waals surface area contributed by atoms with E-state index >= 15 is 0 Å². The van der Waals surface area contributed by atoms with Gasteiger partial charge in [-0.05, 0) is 24.1 Å². The summed E-state index contributed by atoms with van der Waals surface area (Å²) in [6.45, 7) is 2.26. The molecule has 17 heavy (non-hydrogen) atoms. The lowest BCUT2D eigenvalue weighted by atomic mass is 10.1. The second-order valence-corrected chi connectivity index (χ2v) is 3.88. The molecule has 0 heterocycles. The summed E-state index contributed by atoms with van der Waals surface area (Å²) in [4.78, 5) is 12.8. The Balaban J connectivity index is 2.69. The average Bonchev–Trinajstić information content (AvgIpc) is 2.35. The molecule has 0 unspecified atom stereocenters. The van der Waals surface area contributed by atoms with E-state index in [1.54, 1.807) is 33.1 Å². The highest BCUT2D eigenvalue weighted by molar-refractivity contribution is 5.72. The number of amides is 1. The molecule has 4 heteroatoms. The maximum atomic E-state index is 11.1. The maximum absolute atomic E-state index is 11.1. The Labute approximate surface area is 102 Å². The van der Waals surface area contributed by atoms with Crippen molar-refractivity contribution >= 4 is 5.91 Å². The van der Waals surface area contributed by atoms with Crippen molar-refractivity contribution in [2.45, 2.75) is 13.3 Å². The number of carbonyl (C=O) groups excluding carboxylic acids is 1. The lowest BCUT2D eigenvalue weighted by molar-refractivity contribution is -0.127. The van der Waals surface area contributed by atoms with Crippen LogP contribution in [0.4, 0.5) is 0 Å². The summed E-state index contributed by atoms with van der Waals surface area (Å²) in [6.07, 6.45) is 0.802. The molecule has 94 valence electrons. The van der Waals surface area contributed by atoms with Crippen LogP contribution in [0.25, 0.3) is 0 Å². The van der Waals surface area contributed by atoms with Gasteiger partial charge in [-0.3, -0.25) is 4.79 Å². The minimum Gasteiger partial charge on any atom is -0.493 e. The Bertz CT molecular complexity index is 390. The van der Waals surface area contributed by atoms with Gasteiger partial charge in [0, 0.05) is 20.5 Å². The monoisotopic (exact) mass is 237 g/mol. The highest BCUT2D eigenvalue weighted by Crippen LogP contribution is 2.27. The molecule has 0 spiro atoms. The van der Waals surface area contributed by atoms with Crippen molar-refractivity contribution in [3.63, 3.8) is 0 Å². The zero-order valence-electron chi connectivity index (χ0n) is 10.8. The van der Waals surface area contributed by atoms with Gasteiger partial charge in [-0.25, -0.2) is 0 Å². The lowest BCUT2D eigenvalue weighted by Crippen LogP contribution is -2.26. The van der Waals surface area contributed by atoms with E-state index in [-0.39, 0.29) is 5.91 Å². The van der Waals surface area contributed by atoms with Crippen molar-refractivity contribution in [3.05, 3.63) is 23.8 Å². The van der Waals surface area contributed by atoms with E-state index in [0.29, 0.717) is 6.54 Å². The van der Waals surface area contributed by atoms with Gasteiger partial charge < -0.3 is 14.4 Å². The molecule has 0 saturated carbocycles. The second kappa shape index (κ2) is 6.13. The number of hydrogen-bond donors (Lipinski definition) is 0. The van der Waals surface area contributed by atoms with Crippen molar-refractivity contribution in [2.24, 2.45) is 0 Å². The highest BCUT2D eigenvalue weighted by atomic mass is 16.5. The maximum Gasteiger partial charge on any atom is 0.219 e. The fourth-order valence-electron chi connectivity index (χ4n) is 1.49. The molecule has 1 rings (SSSR count). The van der Waals surface area contributed by atoms with Crippen LogP contribution in [-0.4, -0.2) is 38.6 Å². The summed E-state index contributed by atoms with van der Waals surface area (Å²) >= 11 is 0. The molecule has 0 aliphatic heterocycles. The first-order chi connectivity index (χ1) is 8.08. The molecule has 0 atom stereocenters. The molecule has 0 aliphatic carbocycles. The number of benzene rings is 1. The first kappa shape index (κ1) is 13.4. The Morgan fingerprint density at radius 2 is 1.88 bits per heavy atom. The Hall–Kier alpha value is -1.71. The first-order valence-electron chi connectivity index (χ1n) is 5.51. The van der Waals surface area contributed by atoms with Crippen molar-refractivity contribution < 1.29 is 14.3 Å². The fraction of sp³-hybridized carbons (Fsp3) is 0.462. The molecule has 0 bridgehead atoms. The predicted octanol–water partition coefficient (Wildman–Crippen LogP) is 1.72. The number of nitrogens with zero attached hydrogens (tertiary/aromatic N) is 1. The summed E-state index contributed by atoms with van der Waals surface area (Å²) in [5.74, 6) is 1.51. The fourth-order valence-corrected chi connectivity index (χ4v) is 1.49. The van der Waals surface area contributed by atoms with Gasteiger partial charge in [-0.1, -0.05) is 6.07 Å². The molecular weight excluding hydrogens is 218 g/mol. The van der Waals surface area contributed by atoms with Gasteiger partial charge in [0.2, 0.25) is 5.91 Å². The largest absolute Gasteiger partial charge is 0.493 e. The number of carbonyl (C=O) groups is 1. The van der Waals surface area contributed by atoms with Crippen LogP contribution in [0.5, 0.6) is 11.5 Å². The Morgan fingerprint density at radius 3 is 2.41 bits per heavy atom. The molecule has 1 aromatic rings. The van der Waals surface area contributed by atoms with Gasteiger partial charge >= 0.3 is 0 Å². The van der Waals surface area contributed by atoms with Crippen molar-refractivity contribution in [1.29, 1.82) is 0 Å². The quantitative estimate of drug-likeness (QED) is 0.782. The van der Waals surface area contributed by atoms with E-state index in [4.69, 9.17) is 9.47 Å². The van der Waals surface area contributed by atoms with E-state index < -0.39 is 0 Å². The molecule has 0 N–H and O–H groups in total. The minimum absolute atomic E-state index is 0.0745. The number of methoxy groups -OCH3 is 2. The van der Waals surface area contributed by atoms with Gasteiger partial charge in [-0.15, -0.1) is 0 Å². The van der Waals surface area contributed by atoms with Crippen molar-refractivity contribution in [2.75, 3.05) is 27.8 Å². The predicted molar refractivity (Wildman–Crippen MR) is 66.6 cm³/mol. The van der Waals surface area contributed by atoms with Gasteiger partial charge in [0.25, 0.3) is 0 Å². The van der Waals surface area contributed by atoms with Gasteiger partial charge in [0.1, 0.15) is 0 Å². The molecule has 0 radical (unpaired) electrons. The molecular formula is C13H19NO3. The van der Waals surface area contributed by atoms with Crippen LogP contribution < -0.4 is 9.47 Å². The van der Waals surface area contributed by atoms with Crippen LogP contribution in [0.3, 0.4) is 0 Å². The van der Waals surface area contributed by atoms with Crippen LogP contribution in [0.15, 0.2) is 18.2 Å². The first-order valence-corrected chi connectivity index (χ1v) is 5.51. The standard InChI is InChI=1S/C13H19NO3/c1-10(15)14(2)8-7-11-5-6-12(16-3)13(9-11)17-4/h5-6,9H,7-8H2,1-4H3. The number of ether oxygens (including phenoxy) is 2. The number of likely N-dealkylation sites (N-methyl/N-ethyl adjacent to an activating group) is 1. The molecule has 0 aromatic heterocycles. The summed E-state index contributed by atoms with van der Waals surface area (Å²) < 4.78 is 10.4. The van der Waals surface area contributed by atoms with E-state index in [2.05, 4.69) is 0 Å². The second-order valence-electron chi connectivity index (χ2n) is 3.88. The van der Waals surface area contributed by atoms with Crippen molar-refractivity contribution in [1.82, 2.24) is 4.90 Å². The Kier molecular flexibility index (Phi) is 4.82. The smallest absolute Gasteiger partial charge is 0.219 e. The molecule has 1 aromatic carbocycles. The topological polar surface area (TPSA) is 38.8 Å². The summed E-state index contributed by atoms with van der Waals surface area (Å²) in [6, 6.07) is 5.80. The summed E-state index contributed by atoms with van der Waals surface area (Å²) in [5.41, 5.74) is 1.12. The highest BCUT2D eigenvalue weighted by Gasteiger charge is 2.06. The molecule has 0 fully saturated rings. The van der Waals surface area contributed by atoms with Crippen molar-refractivity contribution in [3.8, 4) is 11.5 Å².